The standard InChI is InChI=1S/C17H12FNO3S/c1-23(20,21)14-5-2-11(3-6-14)17-12(9-19)10-22-16-8-13(18)4-7-15(16)17/h2-8H,10H2,1H3. The van der Waals surface area contributed by atoms with Gasteiger partial charge < -0.3 is 4.74 Å². The molecule has 2 aromatic rings. The van der Waals surface area contributed by atoms with Crippen LogP contribution < -0.4 is 4.74 Å². The van der Waals surface area contributed by atoms with E-state index in [4.69, 9.17) is 4.74 Å². The van der Waals surface area contributed by atoms with E-state index in [9.17, 15) is 18.1 Å². The molecule has 1 aliphatic heterocycles. The van der Waals surface area contributed by atoms with Crippen molar-refractivity contribution in [1.82, 2.24) is 0 Å². The van der Waals surface area contributed by atoms with Crippen molar-refractivity contribution < 1.29 is 17.5 Å². The summed E-state index contributed by atoms with van der Waals surface area (Å²) in [6.45, 7) is 0.0517. The minimum Gasteiger partial charge on any atom is -0.487 e. The average molecular weight is 329 g/mol. The van der Waals surface area contributed by atoms with Crippen LogP contribution in [-0.2, 0) is 9.84 Å². The highest BCUT2D eigenvalue weighted by Gasteiger charge is 2.22. The fourth-order valence-electron chi connectivity index (χ4n) is 2.49. The molecule has 3 rings (SSSR count). The van der Waals surface area contributed by atoms with E-state index in [0.717, 1.165) is 6.26 Å². The summed E-state index contributed by atoms with van der Waals surface area (Å²) in [4.78, 5) is 0.201. The molecule has 0 bridgehead atoms. The van der Waals surface area contributed by atoms with Crippen molar-refractivity contribution >= 4 is 15.4 Å². The van der Waals surface area contributed by atoms with Gasteiger partial charge in [-0.05, 0) is 29.8 Å². The molecule has 0 aliphatic carbocycles. The van der Waals surface area contributed by atoms with E-state index in [1.165, 1.54) is 24.3 Å². The molecule has 0 fully saturated rings. The van der Waals surface area contributed by atoms with Gasteiger partial charge in [-0.2, -0.15) is 5.26 Å². The number of ether oxygens (including phenoxy) is 1. The number of nitrogens with zero attached hydrogens (tertiary/aromatic N) is 1. The second kappa shape index (κ2) is 5.52. The van der Waals surface area contributed by atoms with Gasteiger partial charge >= 0.3 is 0 Å². The molecule has 0 aromatic heterocycles. The lowest BCUT2D eigenvalue weighted by Crippen LogP contribution is -2.11. The molecule has 0 N–H and O–H groups in total. The van der Waals surface area contributed by atoms with Crippen LogP contribution in [0.2, 0.25) is 0 Å². The third-order valence-electron chi connectivity index (χ3n) is 3.59. The quantitative estimate of drug-likeness (QED) is 0.849. The van der Waals surface area contributed by atoms with E-state index >= 15 is 0 Å². The number of sulfone groups is 1. The lowest BCUT2D eigenvalue weighted by atomic mass is 9.91. The lowest BCUT2D eigenvalue weighted by molar-refractivity contribution is 0.348. The van der Waals surface area contributed by atoms with Crippen LogP contribution in [0.4, 0.5) is 4.39 Å². The van der Waals surface area contributed by atoms with Crippen LogP contribution in [0.5, 0.6) is 5.75 Å². The van der Waals surface area contributed by atoms with Crippen LogP contribution in [0.15, 0.2) is 52.9 Å². The third-order valence-corrected chi connectivity index (χ3v) is 4.72. The number of benzene rings is 2. The van der Waals surface area contributed by atoms with Crippen LogP contribution in [0.25, 0.3) is 5.57 Å². The Morgan fingerprint density at radius 1 is 1.17 bits per heavy atom. The van der Waals surface area contributed by atoms with Crippen LogP contribution in [0.1, 0.15) is 11.1 Å². The molecule has 23 heavy (non-hydrogen) atoms. The van der Waals surface area contributed by atoms with Gasteiger partial charge in [0.05, 0.1) is 16.5 Å². The van der Waals surface area contributed by atoms with Crippen LogP contribution in [0, 0.1) is 17.1 Å². The normalized spacial score (nSPS) is 14.0. The van der Waals surface area contributed by atoms with Crippen LogP contribution in [-0.4, -0.2) is 21.3 Å². The summed E-state index contributed by atoms with van der Waals surface area (Å²) in [7, 11) is -3.29. The molecule has 0 spiro atoms. The SMILES string of the molecule is CS(=O)(=O)c1ccc(C2=C(C#N)COc3cc(F)ccc32)cc1. The molecule has 0 saturated carbocycles. The molecule has 0 unspecified atom stereocenters. The summed E-state index contributed by atoms with van der Waals surface area (Å²) in [5, 5.41) is 9.33. The zero-order chi connectivity index (χ0) is 16.6. The number of rotatable bonds is 2. The molecule has 0 atom stereocenters. The average Bonchev–Trinajstić information content (AvgIpc) is 2.53. The second-order valence-electron chi connectivity index (χ2n) is 5.19. The fourth-order valence-corrected chi connectivity index (χ4v) is 3.12. The second-order valence-corrected chi connectivity index (χ2v) is 7.21. The van der Waals surface area contributed by atoms with Gasteiger partial charge in [0.25, 0.3) is 0 Å². The Labute approximate surface area is 133 Å². The highest BCUT2D eigenvalue weighted by atomic mass is 32.2. The summed E-state index contributed by atoms with van der Waals surface area (Å²) < 4.78 is 41.9. The fraction of sp³-hybridized carbons (Fsp3) is 0.118. The van der Waals surface area contributed by atoms with E-state index in [2.05, 4.69) is 6.07 Å². The van der Waals surface area contributed by atoms with Gasteiger partial charge in [0, 0.05) is 23.5 Å². The van der Waals surface area contributed by atoms with Gasteiger partial charge in [-0.25, -0.2) is 12.8 Å². The molecule has 4 nitrogen and oxygen atoms in total. The van der Waals surface area contributed by atoms with Crippen molar-refractivity contribution in [2.24, 2.45) is 0 Å². The van der Waals surface area contributed by atoms with E-state index in [1.54, 1.807) is 18.2 Å². The third kappa shape index (κ3) is 2.83. The van der Waals surface area contributed by atoms with E-state index < -0.39 is 15.7 Å². The van der Waals surface area contributed by atoms with Gasteiger partial charge in [-0.15, -0.1) is 0 Å². The maximum atomic E-state index is 13.4. The Hall–Kier alpha value is -2.65. The first-order valence-electron chi connectivity index (χ1n) is 6.76. The van der Waals surface area contributed by atoms with Crippen molar-refractivity contribution in [3.63, 3.8) is 0 Å². The maximum Gasteiger partial charge on any atom is 0.175 e. The van der Waals surface area contributed by atoms with Gasteiger partial charge in [0.15, 0.2) is 9.84 Å². The molecule has 116 valence electrons. The van der Waals surface area contributed by atoms with Crippen molar-refractivity contribution in [2.45, 2.75) is 4.90 Å². The zero-order valence-electron chi connectivity index (χ0n) is 12.2. The van der Waals surface area contributed by atoms with Crippen LogP contribution in [0.3, 0.4) is 0 Å². The van der Waals surface area contributed by atoms with Gasteiger partial charge in [0.1, 0.15) is 18.2 Å². The first kappa shape index (κ1) is 15.3. The Kier molecular flexibility index (Phi) is 3.66. The monoisotopic (exact) mass is 329 g/mol. The number of nitriles is 1. The Bertz CT molecular complexity index is 954. The summed E-state index contributed by atoms with van der Waals surface area (Å²) in [5.41, 5.74) is 2.34. The summed E-state index contributed by atoms with van der Waals surface area (Å²) in [6.07, 6.45) is 1.13. The number of hydrogen-bond acceptors (Lipinski definition) is 4. The van der Waals surface area contributed by atoms with Crippen molar-refractivity contribution in [2.75, 3.05) is 12.9 Å². The Balaban J connectivity index is 2.17. The molecule has 0 saturated heterocycles. The maximum absolute atomic E-state index is 13.4. The highest BCUT2D eigenvalue weighted by molar-refractivity contribution is 7.90. The van der Waals surface area contributed by atoms with Gasteiger partial charge in [-0.3, -0.25) is 0 Å². The van der Waals surface area contributed by atoms with E-state index in [1.807, 2.05) is 0 Å². The minimum absolute atomic E-state index is 0.0517. The number of fused-ring (bicyclic) bond motifs is 1. The molecule has 0 radical (unpaired) electrons. The van der Waals surface area contributed by atoms with Crippen molar-refractivity contribution in [3.8, 4) is 11.8 Å². The van der Waals surface area contributed by atoms with Crippen molar-refractivity contribution in [3.05, 3.63) is 65.0 Å². The summed E-state index contributed by atoms with van der Waals surface area (Å²) in [5.74, 6) is -0.0536. The molecular weight excluding hydrogens is 317 g/mol. The topological polar surface area (TPSA) is 67.2 Å². The Morgan fingerprint density at radius 3 is 2.48 bits per heavy atom. The smallest absolute Gasteiger partial charge is 0.175 e. The zero-order valence-corrected chi connectivity index (χ0v) is 13.0. The van der Waals surface area contributed by atoms with Gasteiger partial charge in [0.2, 0.25) is 0 Å². The first-order chi connectivity index (χ1) is 10.9. The van der Waals surface area contributed by atoms with E-state index in [-0.39, 0.29) is 11.5 Å². The predicted octanol–water partition coefficient (Wildman–Crippen LogP) is 2.95. The summed E-state index contributed by atoms with van der Waals surface area (Å²) >= 11 is 0. The molecule has 1 heterocycles. The minimum atomic E-state index is -3.29. The Morgan fingerprint density at radius 2 is 1.87 bits per heavy atom. The molecule has 6 heteroatoms. The lowest BCUT2D eigenvalue weighted by Gasteiger charge is -2.21. The molecule has 2 aromatic carbocycles. The molecular formula is C17H12FNO3S. The number of halogens is 1. The van der Waals surface area contributed by atoms with E-state index in [0.29, 0.717) is 28.0 Å². The summed E-state index contributed by atoms with van der Waals surface area (Å²) in [6, 6.07) is 12.5. The van der Waals surface area contributed by atoms with Crippen LogP contribution >= 0.6 is 0 Å². The largest absolute Gasteiger partial charge is 0.487 e. The predicted molar refractivity (Wildman–Crippen MR) is 83.1 cm³/mol. The number of hydrogen-bond donors (Lipinski definition) is 0. The first-order valence-corrected chi connectivity index (χ1v) is 8.66. The molecule has 0 amide bonds. The van der Waals surface area contributed by atoms with Crippen molar-refractivity contribution in [1.29, 1.82) is 5.26 Å². The molecule has 1 aliphatic rings. The van der Waals surface area contributed by atoms with Gasteiger partial charge in [-0.1, -0.05) is 12.1 Å². The highest BCUT2D eigenvalue weighted by Crippen LogP contribution is 2.37.